The van der Waals surface area contributed by atoms with Gasteiger partial charge in [0.1, 0.15) is 5.76 Å². The number of aromatic nitrogens is 1. The summed E-state index contributed by atoms with van der Waals surface area (Å²) in [5, 5.41) is 0.989. The molecule has 0 saturated carbocycles. The average molecular weight is 336 g/mol. The Balaban J connectivity index is 1.41. The molecule has 5 nitrogen and oxygen atoms in total. The molecule has 1 aliphatic heterocycles. The van der Waals surface area contributed by atoms with Gasteiger partial charge in [-0.1, -0.05) is 18.2 Å². The molecule has 1 aromatic carbocycles. The number of H-pyrrole nitrogens is 1. The molecule has 4 rings (SSSR count). The van der Waals surface area contributed by atoms with Gasteiger partial charge in [-0.15, -0.1) is 0 Å². The summed E-state index contributed by atoms with van der Waals surface area (Å²) in [4.78, 5) is 29.4. The Bertz CT molecular complexity index is 943. The average Bonchev–Trinajstić information content (AvgIpc) is 3.30. The quantitative estimate of drug-likeness (QED) is 0.796. The second-order valence-corrected chi connectivity index (χ2v) is 6.55. The number of fused-ring (bicyclic) bond motifs is 1. The van der Waals surface area contributed by atoms with E-state index in [0.717, 1.165) is 29.6 Å². The number of hydrogen-bond donors (Lipinski definition) is 1. The van der Waals surface area contributed by atoms with Gasteiger partial charge < -0.3 is 14.3 Å². The van der Waals surface area contributed by atoms with Crippen molar-refractivity contribution < 1.29 is 9.21 Å². The molecular weight excluding hydrogens is 316 g/mol. The van der Waals surface area contributed by atoms with Crippen molar-refractivity contribution in [2.24, 2.45) is 0 Å². The number of nitrogens with one attached hydrogen (secondary N) is 1. The highest BCUT2D eigenvalue weighted by Gasteiger charge is 2.28. The maximum Gasteiger partial charge on any atom is 0.251 e. The molecule has 128 valence electrons. The van der Waals surface area contributed by atoms with Crippen molar-refractivity contribution >= 4 is 16.8 Å². The summed E-state index contributed by atoms with van der Waals surface area (Å²) in [5.74, 6) is 1.32. The Morgan fingerprint density at radius 2 is 2.12 bits per heavy atom. The fraction of sp³-hybridized carbons (Fsp3) is 0.300. The van der Waals surface area contributed by atoms with Crippen LogP contribution in [0.3, 0.4) is 0 Å². The number of carbonyl (C=O) groups excluding carboxylic acids is 1. The summed E-state index contributed by atoms with van der Waals surface area (Å²) in [6.45, 7) is 1.44. The Morgan fingerprint density at radius 3 is 2.96 bits per heavy atom. The SMILES string of the molecule is O=C(CCc1cc2ccccc2[nH]c1=O)N1CCC(c2ccco2)C1. The molecule has 1 amide bonds. The van der Waals surface area contributed by atoms with Crippen molar-refractivity contribution in [3.8, 4) is 0 Å². The van der Waals surface area contributed by atoms with E-state index in [2.05, 4.69) is 4.98 Å². The molecule has 0 aliphatic carbocycles. The summed E-state index contributed by atoms with van der Waals surface area (Å²) < 4.78 is 5.45. The van der Waals surface area contributed by atoms with Gasteiger partial charge in [0.2, 0.25) is 5.91 Å². The van der Waals surface area contributed by atoms with Gasteiger partial charge in [-0.3, -0.25) is 9.59 Å². The first-order chi connectivity index (χ1) is 12.2. The lowest BCUT2D eigenvalue weighted by molar-refractivity contribution is -0.130. The van der Waals surface area contributed by atoms with E-state index in [9.17, 15) is 9.59 Å². The highest BCUT2D eigenvalue weighted by molar-refractivity contribution is 5.79. The fourth-order valence-corrected chi connectivity index (χ4v) is 3.52. The molecule has 1 aliphatic rings. The van der Waals surface area contributed by atoms with E-state index in [1.807, 2.05) is 47.4 Å². The molecule has 1 N–H and O–H groups in total. The molecule has 0 radical (unpaired) electrons. The van der Waals surface area contributed by atoms with Gasteiger partial charge in [-0.25, -0.2) is 0 Å². The van der Waals surface area contributed by atoms with Crippen LogP contribution in [0.2, 0.25) is 0 Å². The molecule has 1 unspecified atom stereocenters. The summed E-state index contributed by atoms with van der Waals surface area (Å²) >= 11 is 0. The third-order valence-corrected chi connectivity index (χ3v) is 4.93. The predicted octanol–water partition coefficient (Wildman–Crippen LogP) is 3.07. The zero-order valence-corrected chi connectivity index (χ0v) is 13.9. The van der Waals surface area contributed by atoms with Crippen LogP contribution in [0.15, 0.2) is 57.9 Å². The van der Waals surface area contributed by atoms with Crippen LogP contribution in [0, 0.1) is 0 Å². The van der Waals surface area contributed by atoms with Crippen LogP contribution in [0.25, 0.3) is 10.9 Å². The first-order valence-corrected chi connectivity index (χ1v) is 8.63. The first kappa shape index (κ1) is 15.7. The van der Waals surface area contributed by atoms with E-state index >= 15 is 0 Å². The van der Waals surface area contributed by atoms with Crippen molar-refractivity contribution in [1.29, 1.82) is 0 Å². The summed E-state index contributed by atoms with van der Waals surface area (Å²) in [6.07, 6.45) is 3.41. The number of aryl methyl sites for hydroxylation is 1. The number of furan rings is 1. The monoisotopic (exact) mass is 336 g/mol. The Morgan fingerprint density at radius 1 is 1.24 bits per heavy atom. The highest BCUT2D eigenvalue weighted by atomic mass is 16.3. The lowest BCUT2D eigenvalue weighted by Gasteiger charge is -2.16. The number of pyridine rings is 1. The van der Waals surface area contributed by atoms with Gasteiger partial charge in [0, 0.05) is 36.5 Å². The first-order valence-electron chi connectivity index (χ1n) is 8.63. The van der Waals surface area contributed by atoms with Gasteiger partial charge >= 0.3 is 0 Å². The molecule has 0 spiro atoms. The van der Waals surface area contributed by atoms with E-state index in [1.165, 1.54) is 0 Å². The molecule has 1 saturated heterocycles. The number of amides is 1. The zero-order chi connectivity index (χ0) is 17.2. The number of aromatic amines is 1. The second-order valence-electron chi connectivity index (χ2n) is 6.55. The van der Waals surface area contributed by atoms with E-state index in [0.29, 0.717) is 24.9 Å². The second kappa shape index (κ2) is 6.59. The number of benzene rings is 1. The number of hydrogen-bond acceptors (Lipinski definition) is 3. The van der Waals surface area contributed by atoms with E-state index in [1.54, 1.807) is 6.26 Å². The van der Waals surface area contributed by atoms with Crippen molar-refractivity contribution in [2.75, 3.05) is 13.1 Å². The number of nitrogens with zero attached hydrogens (tertiary/aromatic N) is 1. The third-order valence-electron chi connectivity index (χ3n) is 4.93. The molecule has 5 heteroatoms. The van der Waals surface area contributed by atoms with Crippen LogP contribution in [-0.2, 0) is 11.2 Å². The Hall–Kier alpha value is -2.82. The maximum absolute atomic E-state index is 12.5. The Kier molecular flexibility index (Phi) is 4.14. The normalized spacial score (nSPS) is 17.3. The van der Waals surface area contributed by atoms with Gasteiger partial charge in [0.25, 0.3) is 5.56 Å². The molecule has 3 heterocycles. The zero-order valence-electron chi connectivity index (χ0n) is 13.9. The Labute approximate surface area is 145 Å². The van der Waals surface area contributed by atoms with Crippen LogP contribution in [0.5, 0.6) is 0 Å². The van der Waals surface area contributed by atoms with Crippen LogP contribution >= 0.6 is 0 Å². The molecule has 2 aromatic heterocycles. The van der Waals surface area contributed by atoms with Crippen LogP contribution in [0.1, 0.15) is 30.1 Å². The van der Waals surface area contributed by atoms with Gasteiger partial charge in [-0.2, -0.15) is 0 Å². The van der Waals surface area contributed by atoms with E-state index in [-0.39, 0.29) is 17.4 Å². The standard InChI is InChI=1S/C20H20N2O3/c23-19(22-10-9-16(13-22)18-6-3-11-25-18)8-7-15-12-14-4-1-2-5-17(14)21-20(15)24/h1-6,11-12,16H,7-10,13H2,(H,21,24). The van der Waals surface area contributed by atoms with E-state index < -0.39 is 0 Å². The molecule has 3 aromatic rings. The van der Waals surface area contributed by atoms with E-state index in [4.69, 9.17) is 4.42 Å². The number of carbonyl (C=O) groups is 1. The van der Waals surface area contributed by atoms with Gasteiger partial charge in [0.15, 0.2) is 0 Å². The van der Waals surface area contributed by atoms with Crippen molar-refractivity contribution in [3.05, 3.63) is 70.4 Å². The van der Waals surface area contributed by atoms with Crippen LogP contribution in [0.4, 0.5) is 0 Å². The van der Waals surface area contributed by atoms with Gasteiger partial charge in [-0.05, 0) is 42.5 Å². The van der Waals surface area contributed by atoms with Crippen molar-refractivity contribution in [3.63, 3.8) is 0 Å². The molecule has 1 atom stereocenters. The predicted molar refractivity (Wildman–Crippen MR) is 95.5 cm³/mol. The minimum Gasteiger partial charge on any atom is -0.469 e. The minimum atomic E-state index is -0.110. The summed E-state index contributed by atoms with van der Waals surface area (Å²) in [5.41, 5.74) is 1.37. The summed E-state index contributed by atoms with van der Waals surface area (Å²) in [7, 11) is 0. The van der Waals surface area contributed by atoms with Gasteiger partial charge in [0.05, 0.1) is 6.26 Å². The summed E-state index contributed by atoms with van der Waals surface area (Å²) in [6, 6.07) is 13.4. The molecule has 0 bridgehead atoms. The number of para-hydroxylation sites is 1. The number of rotatable bonds is 4. The maximum atomic E-state index is 12.5. The molecule has 1 fully saturated rings. The van der Waals surface area contributed by atoms with Crippen LogP contribution < -0.4 is 5.56 Å². The fourth-order valence-electron chi connectivity index (χ4n) is 3.52. The molecular formula is C20H20N2O3. The minimum absolute atomic E-state index is 0.0987. The van der Waals surface area contributed by atoms with Crippen molar-refractivity contribution in [2.45, 2.75) is 25.2 Å². The third kappa shape index (κ3) is 3.22. The lowest BCUT2D eigenvalue weighted by Crippen LogP contribution is -2.29. The van der Waals surface area contributed by atoms with Crippen molar-refractivity contribution in [1.82, 2.24) is 9.88 Å². The molecule has 25 heavy (non-hydrogen) atoms. The largest absolute Gasteiger partial charge is 0.469 e. The topological polar surface area (TPSA) is 66.3 Å². The lowest BCUT2D eigenvalue weighted by atomic mass is 10.1. The van der Waals surface area contributed by atoms with Crippen LogP contribution in [-0.4, -0.2) is 28.9 Å². The highest BCUT2D eigenvalue weighted by Crippen LogP contribution is 2.27. The number of likely N-dealkylation sites (tertiary alicyclic amines) is 1. The smallest absolute Gasteiger partial charge is 0.251 e.